The molecule has 0 aliphatic carbocycles. The number of hydrogen-bond acceptors (Lipinski definition) is 4. The van der Waals surface area contributed by atoms with Crippen LogP contribution >= 0.6 is 0 Å². The first-order valence-corrected chi connectivity index (χ1v) is 8.46. The van der Waals surface area contributed by atoms with Gasteiger partial charge in [-0.3, -0.25) is 0 Å². The highest BCUT2D eigenvalue weighted by Crippen LogP contribution is 2.26. The lowest BCUT2D eigenvalue weighted by Gasteiger charge is -2.19. The molecule has 0 fully saturated rings. The molecule has 140 valence electrons. The predicted molar refractivity (Wildman–Crippen MR) is 101 cm³/mol. The van der Waals surface area contributed by atoms with Gasteiger partial charge < -0.3 is 24.8 Å². The fourth-order valence-corrected chi connectivity index (χ4v) is 2.65. The van der Waals surface area contributed by atoms with Crippen LogP contribution in [0.4, 0.5) is 4.79 Å². The molecule has 26 heavy (non-hydrogen) atoms. The second kappa shape index (κ2) is 8.99. The normalized spacial score (nSPS) is 10.3. The number of carbonyl (C=O) groups excluding carboxylic acids is 1. The maximum absolute atomic E-state index is 12.2. The molecule has 0 heterocycles. The maximum Gasteiger partial charge on any atom is 0.317 e. The number of nitrogens with zero attached hydrogens (tertiary/aromatic N) is 1. The highest BCUT2D eigenvalue weighted by molar-refractivity contribution is 5.73. The SMILES string of the molecule is COc1ccc(CN(C)C(=O)NCCOc2c(C)cccc2C)cc1O. The summed E-state index contributed by atoms with van der Waals surface area (Å²) in [6, 6.07) is 10.9. The van der Waals surface area contributed by atoms with Crippen molar-refractivity contribution in [3.8, 4) is 17.2 Å². The van der Waals surface area contributed by atoms with E-state index >= 15 is 0 Å². The molecule has 2 aromatic rings. The Labute approximate surface area is 154 Å². The molecule has 2 N–H and O–H groups in total. The van der Waals surface area contributed by atoms with Crippen LogP contribution in [-0.2, 0) is 6.54 Å². The Balaban J connectivity index is 1.79. The predicted octanol–water partition coefficient (Wildman–Crippen LogP) is 3.24. The van der Waals surface area contributed by atoms with Gasteiger partial charge >= 0.3 is 6.03 Å². The number of amides is 2. The number of ether oxygens (including phenoxy) is 2. The van der Waals surface area contributed by atoms with Crippen molar-refractivity contribution in [1.82, 2.24) is 10.2 Å². The van der Waals surface area contributed by atoms with Crippen LogP contribution in [0.5, 0.6) is 17.2 Å². The number of aryl methyl sites for hydroxylation is 2. The van der Waals surface area contributed by atoms with Crippen molar-refractivity contribution in [3.63, 3.8) is 0 Å². The number of carbonyl (C=O) groups is 1. The van der Waals surface area contributed by atoms with E-state index in [1.54, 1.807) is 24.1 Å². The van der Waals surface area contributed by atoms with Crippen LogP contribution < -0.4 is 14.8 Å². The number of urea groups is 1. The van der Waals surface area contributed by atoms with E-state index in [0.29, 0.717) is 25.4 Å². The van der Waals surface area contributed by atoms with Gasteiger partial charge in [0.05, 0.1) is 13.7 Å². The van der Waals surface area contributed by atoms with Gasteiger partial charge in [0.2, 0.25) is 0 Å². The van der Waals surface area contributed by atoms with Gasteiger partial charge in [-0.25, -0.2) is 4.79 Å². The molecule has 2 aromatic carbocycles. The Kier molecular flexibility index (Phi) is 6.72. The summed E-state index contributed by atoms with van der Waals surface area (Å²) in [5.41, 5.74) is 2.97. The lowest BCUT2D eigenvalue weighted by Crippen LogP contribution is -2.38. The second-order valence-electron chi connectivity index (χ2n) is 6.16. The Morgan fingerprint density at radius 2 is 1.88 bits per heavy atom. The molecule has 0 unspecified atom stereocenters. The summed E-state index contributed by atoms with van der Waals surface area (Å²) in [6.45, 7) is 5.18. The minimum atomic E-state index is -0.203. The number of aromatic hydroxyl groups is 1. The van der Waals surface area contributed by atoms with Crippen molar-refractivity contribution >= 4 is 6.03 Å². The van der Waals surface area contributed by atoms with Crippen LogP contribution in [0.1, 0.15) is 16.7 Å². The summed E-state index contributed by atoms with van der Waals surface area (Å²) in [7, 11) is 3.19. The Bertz CT molecular complexity index is 741. The fourth-order valence-electron chi connectivity index (χ4n) is 2.65. The zero-order chi connectivity index (χ0) is 19.1. The minimum Gasteiger partial charge on any atom is -0.504 e. The smallest absolute Gasteiger partial charge is 0.317 e. The monoisotopic (exact) mass is 358 g/mol. The molecule has 0 saturated carbocycles. The van der Waals surface area contributed by atoms with E-state index in [0.717, 1.165) is 22.4 Å². The molecule has 6 heteroatoms. The number of phenolic OH excluding ortho intramolecular Hbond substituents is 1. The molecule has 0 aliphatic rings. The number of hydrogen-bond donors (Lipinski definition) is 2. The largest absolute Gasteiger partial charge is 0.504 e. The number of rotatable bonds is 7. The molecule has 6 nitrogen and oxygen atoms in total. The van der Waals surface area contributed by atoms with E-state index in [4.69, 9.17) is 9.47 Å². The van der Waals surface area contributed by atoms with Crippen molar-refractivity contribution in [2.45, 2.75) is 20.4 Å². The van der Waals surface area contributed by atoms with Gasteiger partial charge in [-0.2, -0.15) is 0 Å². The molecule has 0 aliphatic heterocycles. The first-order chi connectivity index (χ1) is 12.4. The average Bonchev–Trinajstić information content (AvgIpc) is 2.60. The topological polar surface area (TPSA) is 71.0 Å². The van der Waals surface area contributed by atoms with Gasteiger partial charge in [0, 0.05) is 13.6 Å². The standard InChI is InChI=1S/C20H26N2O4/c1-14-6-5-7-15(2)19(14)26-11-10-21-20(24)22(3)13-16-8-9-18(25-4)17(23)12-16/h5-9,12,23H,10-11,13H2,1-4H3,(H,21,24). The number of nitrogens with one attached hydrogen (secondary N) is 1. The Hall–Kier alpha value is -2.89. The summed E-state index contributed by atoms with van der Waals surface area (Å²) in [5, 5.41) is 12.6. The number of para-hydroxylation sites is 1. The van der Waals surface area contributed by atoms with Crippen molar-refractivity contribution in [3.05, 3.63) is 53.1 Å². The number of phenols is 1. The van der Waals surface area contributed by atoms with Crippen molar-refractivity contribution in [1.29, 1.82) is 0 Å². The quantitative estimate of drug-likeness (QED) is 0.746. The first-order valence-electron chi connectivity index (χ1n) is 8.46. The van der Waals surface area contributed by atoms with Crippen LogP contribution in [0.2, 0.25) is 0 Å². The van der Waals surface area contributed by atoms with Gasteiger partial charge in [-0.1, -0.05) is 24.3 Å². The van der Waals surface area contributed by atoms with Gasteiger partial charge in [0.1, 0.15) is 12.4 Å². The highest BCUT2D eigenvalue weighted by Gasteiger charge is 2.11. The molecule has 0 radical (unpaired) electrons. The Morgan fingerprint density at radius 3 is 2.50 bits per heavy atom. The molecular weight excluding hydrogens is 332 g/mol. The minimum absolute atomic E-state index is 0.0563. The molecule has 0 aromatic heterocycles. The fraction of sp³-hybridized carbons (Fsp3) is 0.350. The van der Waals surface area contributed by atoms with E-state index in [1.807, 2.05) is 38.1 Å². The molecule has 0 spiro atoms. The second-order valence-corrected chi connectivity index (χ2v) is 6.16. The zero-order valence-corrected chi connectivity index (χ0v) is 15.7. The molecule has 0 atom stereocenters. The maximum atomic E-state index is 12.2. The lowest BCUT2D eigenvalue weighted by atomic mass is 10.1. The van der Waals surface area contributed by atoms with Crippen LogP contribution in [0, 0.1) is 13.8 Å². The van der Waals surface area contributed by atoms with E-state index in [1.165, 1.54) is 7.11 Å². The van der Waals surface area contributed by atoms with Crippen molar-refractivity contribution < 1.29 is 19.4 Å². The van der Waals surface area contributed by atoms with Crippen LogP contribution in [0.25, 0.3) is 0 Å². The third-order valence-electron chi connectivity index (χ3n) is 4.04. The molecule has 2 rings (SSSR count). The van der Waals surface area contributed by atoms with Crippen LogP contribution in [-0.4, -0.2) is 43.3 Å². The molecule has 0 bridgehead atoms. The zero-order valence-electron chi connectivity index (χ0n) is 15.7. The van der Waals surface area contributed by atoms with Crippen LogP contribution in [0.3, 0.4) is 0 Å². The summed E-state index contributed by atoms with van der Waals surface area (Å²) in [5.74, 6) is 1.33. The summed E-state index contributed by atoms with van der Waals surface area (Å²) in [6.07, 6.45) is 0. The van der Waals surface area contributed by atoms with Gasteiger partial charge in [-0.15, -0.1) is 0 Å². The van der Waals surface area contributed by atoms with E-state index in [-0.39, 0.29) is 11.8 Å². The Morgan fingerprint density at radius 1 is 1.19 bits per heavy atom. The number of benzene rings is 2. The van der Waals surface area contributed by atoms with Crippen molar-refractivity contribution in [2.24, 2.45) is 0 Å². The molecular formula is C20H26N2O4. The van der Waals surface area contributed by atoms with E-state index in [9.17, 15) is 9.90 Å². The van der Waals surface area contributed by atoms with Crippen molar-refractivity contribution in [2.75, 3.05) is 27.3 Å². The third-order valence-corrected chi connectivity index (χ3v) is 4.04. The van der Waals surface area contributed by atoms with Crippen LogP contribution in [0.15, 0.2) is 36.4 Å². The highest BCUT2D eigenvalue weighted by atomic mass is 16.5. The summed E-state index contributed by atoms with van der Waals surface area (Å²) in [4.78, 5) is 13.7. The van der Waals surface area contributed by atoms with Gasteiger partial charge in [0.15, 0.2) is 11.5 Å². The lowest BCUT2D eigenvalue weighted by molar-refractivity contribution is 0.203. The summed E-state index contributed by atoms with van der Waals surface area (Å²) >= 11 is 0. The third kappa shape index (κ3) is 5.05. The number of methoxy groups -OCH3 is 1. The molecule has 0 saturated heterocycles. The molecule has 2 amide bonds. The summed E-state index contributed by atoms with van der Waals surface area (Å²) < 4.78 is 10.8. The first kappa shape index (κ1) is 19.4. The van der Waals surface area contributed by atoms with Gasteiger partial charge in [-0.05, 0) is 42.7 Å². The van der Waals surface area contributed by atoms with E-state index in [2.05, 4.69) is 5.32 Å². The van der Waals surface area contributed by atoms with E-state index < -0.39 is 0 Å². The average molecular weight is 358 g/mol. The van der Waals surface area contributed by atoms with Gasteiger partial charge in [0.25, 0.3) is 0 Å².